The van der Waals surface area contributed by atoms with Gasteiger partial charge < -0.3 is 10.0 Å². The van der Waals surface area contributed by atoms with Crippen LogP contribution in [0.1, 0.15) is 33.8 Å². The van der Waals surface area contributed by atoms with Gasteiger partial charge in [0.2, 0.25) is 0 Å². The Labute approximate surface area is 130 Å². The van der Waals surface area contributed by atoms with E-state index < -0.39 is 5.97 Å². The first kappa shape index (κ1) is 13.6. The van der Waals surface area contributed by atoms with Crippen molar-refractivity contribution in [3.63, 3.8) is 0 Å². The summed E-state index contributed by atoms with van der Waals surface area (Å²) in [4.78, 5) is 15.1. The summed E-state index contributed by atoms with van der Waals surface area (Å²) < 4.78 is 0.630. The molecule has 0 bridgehead atoms. The Hall–Kier alpha value is -1.33. The quantitative estimate of drug-likeness (QED) is 0.875. The molecule has 104 valence electrons. The number of carboxylic acid groups (broad SMARTS) is 1. The molecule has 0 saturated heterocycles. The number of nitrogens with zero attached hydrogens (tertiary/aromatic N) is 1. The predicted molar refractivity (Wildman–Crippen MR) is 84.9 cm³/mol. The maximum absolute atomic E-state index is 11.5. The van der Waals surface area contributed by atoms with Gasteiger partial charge in [0.05, 0.1) is 17.3 Å². The lowest BCUT2D eigenvalue weighted by Gasteiger charge is -2.36. The largest absolute Gasteiger partial charge is 0.478 e. The van der Waals surface area contributed by atoms with E-state index in [2.05, 4.69) is 39.2 Å². The van der Waals surface area contributed by atoms with Crippen molar-refractivity contribution < 1.29 is 9.90 Å². The Bertz CT molecular complexity index is 668. The van der Waals surface area contributed by atoms with Crippen molar-refractivity contribution in [2.75, 3.05) is 11.4 Å². The Morgan fingerprint density at radius 1 is 1.45 bits per heavy atom. The molecule has 2 heterocycles. The second-order valence-corrected chi connectivity index (χ2v) is 6.71. The topological polar surface area (TPSA) is 40.5 Å². The Balaban J connectivity index is 2.07. The van der Waals surface area contributed by atoms with Gasteiger partial charge in [-0.3, -0.25) is 0 Å². The fraction of sp³-hybridized carbons (Fsp3) is 0.267. The first-order valence-corrected chi connectivity index (χ1v) is 8.11. The highest BCUT2D eigenvalue weighted by molar-refractivity contribution is 9.10. The molecule has 0 radical (unpaired) electrons. The summed E-state index contributed by atoms with van der Waals surface area (Å²) in [6, 6.07) is 7.91. The normalized spacial score (nSPS) is 17.9. The zero-order chi connectivity index (χ0) is 14.3. The van der Waals surface area contributed by atoms with Gasteiger partial charge in [-0.05, 0) is 58.4 Å². The number of hydrogen-bond acceptors (Lipinski definition) is 3. The lowest BCUT2D eigenvalue weighted by Crippen LogP contribution is -2.34. The minimum absolute atomic E-state index is 0.206. The standard InChI is InChI=1S/C15H14BrNO2S/c1-9-10-6-8-20-13(10)5-7-17(9)12-4-2-3-11(16)14(12)15(18)19/h2-4,6,8-9H,5,7H2,1H3,(H,18,19). The molecule has 3 nitrogen and oxygen atoms in total. The number of fused-ring (bicyclic) bond motifs is 1. The van der Waals surface area contributed by atoms with Crippen molar-refractivity contribution in [1.29, 1.82) is 0 Å². The number of aromatic carboxylic acids is 1. The third-order valence-electron chi connectivity index (χ3n) is 3.79. The van der Waals surface area contributed by atoms with Crippen molar-refractivity contribution in [1.82, 2.24) is 0 Å². The van der Waals surface area contributed by atoms with Crippen LogP contribution in [-0.2, 0) is 6.42 Å². The molecule has 0 amide bonds. The van der Waals surface area contributed by atoms with Crippen LogP contribution in [0.4, 0.5) is 5.69 Å². The van der Waals surface area contributed by atoms with Gasteiger partial charge in [0.25, 0.3) is 0 Å². The molecule has 0 saturated carbocycles. The zero-order valence-corrected chi connectivity index (χ0v) is 13.4. The molecule has 5 heteroatoms. The van der Waals surface area contributed by atoms with Crippen LogP contribution in [0.2, 0.25) is 0 Å². The van der Waals surface area contributed by atoms with E-state index in [4.69, 9.17) is 0 Å². The van der Waals surface area contributed by atoms with Crippen LogP contribution in [0.3, 0.4) is 0 Å². The first-order chi connectivity index (χ1) is 9.59. The number of carbonyl (C=O) groups is 1. The molecule has 0 aliphatic carbocycles. The van der Waals surface area contributed by atoms with Gasteiger partial charge in [-0.25, -0.2) is 4.79 Å². The van der Waals surface area contributed by atoms with E-state index in [1.54, 1.807) is 17.4 Å². The third kappa shape index (κ3) is 2.15. The van der Waals surface area contributed by atoms with Crippen LogP contribution >= 0.6 is 27.3 Å². The van der Waals surface area contributed by atoms with Crippen LogP contribution in [0.25, 0.3) is 0 Å². The van der Waals surface area contributed by atoms with Gasteiger partial charge in [0.15, 0.2) is 0 Å². The van der Waals surface area contributed by atoms with Crippen molar-refractivity contribution >= 4 is 38.9 Å². The van der Waals surface area contributed by atoms with Crippen LogP contribution in [0, 0.1) is 0 Å². The number of rotatable bonds is 2. The number of carboxylic acids is 1. The molecule has 20 heavy (non-hydrogen) atoms. The van der Waals surface area contributed by atoms with Gasteiger partial charge in [0, 0.05) is 15.9 Å². The van der Waals surface area contributed by atoms with E-state index in [-0.39, 0.29) is 6.04 Å². The van der Waals surface area contributed by atoms with Crippen molar-refractivity contribution in [3.8, 4) is 0 Å². The van der Waals surface area contributed by atoms with Gasteiger partial charge in [0.1, 0.15) is 0 Å². The van der Waals surface area contributed by atoms with Crippen molar-refractivity contribution in [2.24, 2.45) is 0 Å². The number of benzene rings is 1. The molecular weight excluding hydrogens is 338 g/mol. The summed E-state index contributed by atoms with van der Waals surface area (Å²) in [5.74, 6) is -0.893. The SMILES string of the molecule is CC1c2ccsc2CCN1c1cccc(Br)c1C(=O)O. The highest BCUT2D eigenvalue weighted by atomic mass is 79.9. The van der Waals surface area contributed by atoms with E-state index in [0.29, 0.717) is 10.0 Å². The second-order valence-electron chi connectivity index (χ2n) is 4.86. The third-order valence-corrected chi connectivity index (χ3v) is 5.45. The van der Waals surface area contributed by atoms with E-state index >= 15 is 0 Å². The van der Waals surface area contributed by atoms with Crippen LogP contribution in [0.15, 0.2) is 34.1 Å². The molecule has 1 aliphatic heterocycles. The molecule has 0 fully saturated rings. The highest BCUT2D eigenvalue weighted by Gasteiger charge is 2.28. The maximum Gasteiger partial charge on any atom is 0.338 e. The summed E-state index contributed by atoms with van der Waals surface area (Å²) in [6.07, 6.45) is 0.975. The van der Waals surface area contributed by atoms with Crippen LogP contribution in [0.5, 0.6) is 0 Å². The maximum atomic E-state index is 11.5. The fourth-order valence-electron chi connectivity index (χ4n) is 2.80. The van der Waals surface area contributed by atoms with Gasteiger partial charge >= 0.3 is 5.97 Å². The summed E-state index contributed by atoms with van der Waals surface area (Å²) >= 11 is 5.14. The molecule has 1 aromatic carbocycles. The smallest absolute Gasteiger partial charge is 0.338 e. The molecule has 1 atom stereocenters. The van der Waals surface area contributed by atoms with Gasteiger partial charge in [-0.15, -0.1) is 11.3 Å². The van der Waals surface area contributed by atoms with E-state index in [0.717, 1.165) is 18.7 Å². The Kier molecular flexibility index (Phi) is 3.56. The van der Waals surface area contributed by atoms with Crippen molar-refractivity contribution in [2.45, 2.75) is 19.4 Å². The molecular formula is C15H14BrNO2S. The Morgan fingerprint density at radius 3 is 3.00 bits per heavy atom. The fourth-order valence-corrected chi connectivity index (χ4v) is 4.29. The second kappa shape index (κ2) is 5.22. The highest BCUT2D eigenvalue weighted by Crippen LogP contribution is 2.38. The minimum Gasteiger partial charge on any atom is -0.478 e. The van der Waals surface area contributed by atoms with Crippen LogP contribution < -0.4 is 4.90 Å². The van der Waals surface area contributed by atoms with Gasteiger partial charge in [-0.1, -0.05) is 6.07 Å². The first-order valence-electron chi connectivity index (χ1n) is 6.44. The summed E-state index contributed by atoms with van der Waals surface area (Å²) in [7, 11) is 0. The summed E-state index contributed by atoms with van der Waals surface area (Å²) in [5.41, 5.74) is 2.45. The molecule has 1 unspecified atom stereocenters. The minimum atomic E-state index is -0.893. The van der Waals surface area contributed by atoms with Gasteiger partial charge in [-0.2, -0.15) is 0 Å². The average molecular weight is 352 g/mol. The molecule has 0 spiro atoms. The molecule has 1 N–H and O–H groups in total. The lowest BCUT2D eigenvalue weighted by atomic mass is 9.99. The summed E-state index contributed by atoms with van der Waals surface area (Å²) in [6.45, 7) is 2.99. The van der Waals surface area contributed by atoms with Crippen LogP contribution in [-0.4, -0.2) is 17.6 Å². The molecule has 1 aliphatic rings. The number of halogens is 1. The monoisotopic (exact) mass is 351 g/mol. The predicted octanol–water partition coefficient (Wildman–Crippen LogP) is 4.33. The number of thiophene rings is 1. The Morgan fingerprint density at radius 2 is 2.25 bits per heavy atom. The van der Waals surface area contributed by atoms with E-state index in [1.165, 1.54) is 10.4 Å². The van der Waals surface area contributed by atoms with E-state index in [1.807, 2.05) is 12.1 Å². The number of anilines is 1. The number of hydrogen-bond donors (Lipinski definition) is 1. The van der Waals surface area contributed by atoms with Crippen molar-refractivity contribution in [3.05, 3.63) is 50.1 Å². The van der Waals surface area contributed by atoms with E-state index in [9.17, 15) is 9.90 Å². The lowest BCUT2D eigenvalue weighted by molar-refractivity contribution is 0.0696. The average Bonchev–Trinajstić information content (AvgIpc) is 2.87. The molecule has 1 aromatic heterocycles. The zero-order valence-electron chi connectivity index (χ0n) is 11.0. The molecule has 2 aromatic rings. The summed E-state index contributed by atoms with van der Waals surface area (Å²) in [5, 5.41) is 11.6. The molecule has 3 rings (SSSR count).